The predicted octanol–water partition coefficient (Wildman–Crippen LogP) is 3.71. The van der Waals surface area contributed by atoms with E-state index in [0.717, 1.165) is 36.8 Å². The number of hydrogen-bond acceptors (Lipinski definition) is 3. The first kappa shape index (κ1) is 21.5. The highest BCUT2D eigenvalue weighted by Gasteiger charge is 2.27. The Morgan fingerprint density at radius 1 is 0.897 bits per heavy atom. The van der Waals surface area contributed by atoms with Gasteiger partial charge in [-0.1, -0.05) is 67.6 Å². The van der Waals surface area contributed by atoms with Crippen LogP contribution in [0.1, 0.15) is 43.7 Å². The van der Waals surface area contributed by atoms with E-state index in [0.29, 0.717) is 19.0 Å². The lowest BCUT2D eigenvalue weighted by atomic mass is 9.88. The summed E-state index contributed by atoms with van der Waals surface area (Å²) >= 11 is 0. The molecule has 1 aliphatic carbocycles. The molecule has 1 aliphatic rings. The third-order valence-electron chi connectivity index (χ3n) is 5.46. The quantitative estimate of drug-likeness (QED) is 0.716. The predicted molar refractivity (Wildman–Crippen MR) is 115 cm³/mol. The van der Waals surface area contributed by atoms with Gasteiger partial charge in [-0.3, -0.25) is 4.79 Å². The molecule has 0 spiro atoms. The lowest BCUT2D eigenvalue weighted by molar-refractivity contribution is -0.129. The molecular weight excluding hydrogens is 384 g/mol. The maximum atomic E-state index is 13.0. The van der Waals surface area contributed by atoms with Gasteiger partial charge in [-0.15, -0.1) is 0 Å². The van der Waals surface area contributed by atoms with Crippen molar-refractivity contribution in [3.63, 3.8) is 0 Å². The average molecular weight is 415 g/mol. The number of benzene rings is 2. The van der Waals surface area contributed by atoms with Crippen LogP contribution in [0.3, 0.4) is 0 Å². The van der Waals surface area contributed by atoms with E-state index < -0.39 is 15.8 Å². The Hall–Kier alpha value is -2.18. The number of carbonyl (C=O) groups is 1. The molecule has 0 unspecified atom stereocenters. The number of rotatable bonds is 8. The van der Waals surface area contributed by atoms with Crippen LogP contribution in [-0.2, 0) is 27.9 Å². The number of sulfonamides is 1. The summed E-state index contributed by atoms with van der Waals surface area (Å²) in [5, 5.41) is 0. The van der Waals surface area contributed by atoms with E-state index in [4.69, 9.17) is 0 Å². The van der Waals surface area contributed by atoms with Gasteiger partial charge in [0.25, 0.3) is 0 Å². The SMILES string of the molecule is CC1CCC(NS(=O)(=O)CC(=O)N(Cc2ccccc2)Cc2ccccc2)CC1. The number of nitrogens with zero attached hydrogens (tertiary/aromatic N) is 1. The number of nitrogens with one attached hydrogen (secondary N) is 1. The van der Waals surface area contributed by atoms with Crippen molar-refractivity contribution in [3.05, 3.63) is 71.8 Å². The molecule has 0 aliphatic heterocycles. The fourth-order valence-corrected chi connectivity index (χ4v) is 5.10. The van der Waals surface area contributed by atoms with Crippen LogP contribution in [-0.4, -0.2) is 31.0 Å². The van der Waals surface area contributed by atoms with E-state index in [-0.39, 0.29) is 11.9 Å². The molecule has 1 N–H and O–H groups in total. The van der Waals surface area contributed by atoms with Gasteiger partial charge in [-0.05, 0) is 42.7 Å². The highest BCUT2D eigenvalue weighted by atomic mass is 32.2. The molecule has 0 heterocycles. The number of amides is 1. The molecule has 5 nitrogen and oxygen atoms in total. The Balaban J connectivity index is 1.67. The molecular formula is C23H30N2O3S. The second-order valence-electron chi connectivity index (χ2n) is 8.05. The van der Waals surface area contributed by atoms with Crippen LogP contribution in [0.15, 0.2) is 60.7 Å². The monoisotopic (exact) mass is 414 g/mol. The molecule has 1 fully saturated rings. The Labute approximate surface area is 174 Å². The maximum Gasteiger partial charge on any atom is 0.239 e. The first-order valence-electron chi connectivity index (χ1n) is 10.3. The summed E-state index contributed by atoms with van der Waals surface area (Å²) in [6.07, 6.45) is 3.73. The van der Waals surface area contributed by atoms with Crippen LogP contribution in [0.5, 0.6) is 0 Å². The molecule has 2 aromatic rings. The standard InChI is InChI=1S/C23H30N2O3S/c1-19-12-14-22(15-13-19)24-29(27,28)18-23(26)25(16-20-8-4-2-5-9-20)17-21-10-6-3-7-11-21/h2-11,19,22,24H,12-18H2,1H3. The fraction of sp³-hybridized carbons (Fsp3) is 0.435. The largest absolute Gasteiger partial charge is 0.333 e. The summed E-state index contributed by atoms with van der Waals surface area (Å²) in [6.45, 7) is 2.95. The molecule has 3 rings (SSSR count). The third-order valence-corrected chi connectivity index (χ3v) is 6.78. The molecule has 156 valence electrons. The van der Waals surface area contributed by atoms with Gasteiger partial charge in [0.2, 0.25) is 15.9 Å². The highest BCUT2D eigenvalue weighted by molar-refractivity contribution is 7.90. The topological polar surface area (TPSA) is 66.5 Å². The minimum Gasteiger partial charge on any atom is -0.333 e. The normalized spacial score (nSPS) is 19.6. The van der Waals surface area contributed by atoms with Crippen LogP contribution < -0.4 is 4.72 Å². The third kappa shape index (κ3) is 6.98. The molecule has 0 aromatic heterocycles. The van der Waals surface area contributed by atoms with E-state index in [1.165, 1.54) is 0 Å². The van der Waals surface area contributed by atoms with Crippen molar-refractivity contribution in [1.29, 1.82) is 0 Å². The van der Waals surface area contributed by atoms with Crippen LogP contribution in [0.25, 0.3) is 0 Å². The Bertz CT molecular complexity index is 835. The molecule has 0 saturated heterocycles. The summed E-state index contributed by atoms with van der Waals surface area (Å²) in [6, 6.07) is 19.3. The van der Waals surface area contributed by atoms with Crippen molar-refractivity contribution in [1.82, 2.24) is 9.62 Å². The van der Waals surface area contributed by atoms with Gasteiger partial charge in [0.05, 0.1) is 0 Å². The molecule has 6 heteroatoms. The van der Waals surface area contributed by atoms with Crippen molar-refractivity contribution in [2.24, 2.45) is 5.92 Å². The smallest absolute Gasteiger partial charge is 0.239 e. The summed E-state index contributed by atoms with van der Waals surface area (Å²) < 4.78 is 28.0. The van der Waals surface area contributed by atoms with Crippen molar-refractivity contribution in [2.45, 2.75) is 51.7 Å². The fourth-order valence-electron chi connectivity index (χ4n) is 3.77. The van der Waals surface area contributed by atoms with Gasteiger partial charge < -0.3 is 4.90 Å². The molecule has 29 heavy (non-hydrogen) atoms. The summed E-state index contributed by atoms with van der Waals surface area (Å²) in [5.74, 6) is -0.252. The van der Waals surface area contributed by atoms with Gasteiger partial charge in [0.15, 0.2) is 0 Å². The molecule has 0 atom stereocenters. The van der Waals surface area contributed by atoms with Crippen molar-refractivity contribution < 1.29 is 13.2 Å². The zero-order valence-corrected chi connectivity index (χ0v) is 17.8. The van der Waals surface area contributed by atoms with E-state index in [9.17, 15) is 13.2 Å². The van der Waals surface area contributed by atoms with Gasteiger partial charge in [0, 0.05) is 19.1 Å². The molecule has 2 aromatic carbocycles. The zero-order chi connectivity index (χ0) is 20.7. The van der Waals surface area contributed by atoms with Crippen LogP contribution in [0, 0.1) is 5.92 Å². The Morgan fingerprint density at radius 3 is 1.86 bits per heavy atom. The lowest BCUT2D eigenvalue weighted by Gasteiger charge is -2.27. The van der Waals surface area contributed by atoms with Crippen molar-refractivity contribution in [2.75, 3.05) is 5.75 Å². The maximum absolute atomic E-state index is 13.0. The summed E-state index contributed by atoms with van der Waals surface area (Å²) in [7, 11) is -3.67. The van der Waals surface area contributed by atoms with E-state index in [1.54, 1.807) is 4.90 Å². The van der Waals surface area contributed by atoms with E-state index in [1.807, 2.05) is 60.7 Å². The average Bonchev–Trinajstić information content (AvgIpc) is 2.70. The van der Waals surface area contributed by atoms with Crippen LogP contribution >= 0.6 is 0 Å². The Morgan fingerprint density at radius 2 is 1.38 bits per heavy atom. The van der Waals surface area contributed by atoms with Gasteiger partial charge in [-0.25, -0.2) is 13.1 Å². The number of hydrogen-bond donors (Lipinski definition) is 1. The minimum absolute atomic E-state index is 0.0549. The lowest BCUT2D eigenvalue weighted by Crippen LogP contribution is -2.43. The van der Waals surface area contributed by atoms with Crippen LogP contribution in [0.2, 0.25) is 0 Å². The zero-order valence-electron chi connectivity index (χ0n) is 17.0. The van der Waals surface area contributed by atoms with E-state index in [2.05, 4.69) is 11.6 Å². The minimum atomic E-state index is -3.67. The molecule has 0 bridgehead atoms. The molecule has 1 amide bonds. The summed E-state index contributed by atoms with van der Waals surface area (Å²) in [5.41, 5.74) is 1.95. The number of carbonyl (C=O) groups excluding carboxylic acids is 1. The van der Waals surface area contributed by atoms with E-state index >= 15 is 0 Å². The van der Waals surface area contributed by atoms with Crippen molar-refractivity contribution in [3.8, 4) is 0 Å². The van der Waals surface area contributed by atoms with Gasteiger partial charge >= 0.3 is 0 Å². The second kappa shape index (κ2) is 10.0. The van der Waals surface area contributed by atoms with Crippen LogP contribution in [0.4, 0.5) is 0 Å². The highest BCUT2D eigenvalue weighted by Crippen LogP contribution is 2.24. The second-order valence-corrected chi connectivity index (χ2v) is 9.81. The molecule has 0 radical (unpaired) electrons. The first-order chi connectivity index (χ1) is 13.9. The Kier molecular flexibility index (Phi) is 7.45. The molecule has 1 saturated carbocycles. The van der Waals surface area contributed by atoms with Gasteiger partial charge in [0.1, 0.15) is 5.75 Å². The van der Waals surface area contributed by atoms with Crippen molar-refractivity contribution >= 4 is 15.9 Å². The summed E-state index contributed by atoms with van der Waals surface area (Å²) in [4.78, 5) is 14.6. The van der Waals surface area contributed by atoms with Gasteiger partial charge in [-0.2, -0.15) is 0 Å². The first-order valence-corrected chi connectivity index (χ1v) is 11.9.